The maximum absolute atomic E-state index is 13.6. The summed E-state index contributed by atoms with van der Waals surface area (Å²) in [5.74, 6) is -0.607. The van der Waals surface area contributed by atoms with Crippen molar-refractivity contribution in [1.29, 1.82) is 0 Å². The summed E-state index contributed by atoms with van der Waals surface area (Å²) in [6.45, 7) is -0.284. The van der Waals surface area contributed by atoms with Crippen molar-refractivity contribution in [3.63, 3.8) is 0 Å². The molecule has 6 heteroatoms. The van der Waals surface area contributed by atoms with Gasteiger partial charge in [-0.2, -0.15) is 13.2 Å². The van der Waals surface area contributed by atoms with E-state index in [9.17, 15) is 17.6 Å². The standard InChI is InChI=1S/C13H9F4NO/c14-11-3-1-8(7-19)5-10(11)12-4-2-9(6-18-12)13(15,16)17/h1-6,19H,7H2. The molecule has 0 aliphatic rings. The number of hydrogen-bond acceptors (Lipinski definition) is 2. The number of halogens is 4. The number of benzene rings is 1. The second-order valence-electron chi connectivity index (χ2n) is 3.90. The molecule has 0 fully saturated rings. The van der Waals surface area contributed by atoms with Crippen LogP contribution in [0, 0.1) is 5.82 Å². The van der Waals surface area contributed by atoms with E-state index in [1.807, 2.05) is 0 Å². The Morgan fingerprint density at radius 2 is 1.84 bits per heavy atom. The molecule has 0 bridgehead atoms. The largest absolute Gasteiger partial charge is 0.417 e. The van der Waals surface area contributed by atoms with E-state index < -0.39 is 17.6 Å². The molecule has 0 amide bonds. The van der Waals surface area contributed by atoms with E-state index in [4.69, 9.17) is 5.11 Å². The quantitative estimate of drug-likeness (QED) is 0.849. The zero-order valence-electron chi connectivity index (χ0n) is 9.58. The second kappa shape index (κ2) is 4.97. The maximum atomic E-state index is 13.6. The van der Waals surface area contributed by atoms with Crippen LogP contribution in [0.25, 0.3) is 11.3 Å². The number of aliphatic hydroxyl groups excluding tert-OH is 1. The monoisotopic (exact) mass is 271 g/mol. The van der Waals surface area contributed by atoms with Crippen molar-refractivity contribution in [3.8, 4) is 11.3 Å². The van der Waals surface area contributed by atoms with Gasteiger partial charge in [-0.1, -0.05) is 6.07 Å². The third kappa shape index (κ3) is 2.90. The average Bonchev–Trinajstić information content (AvgIpc) is 2.38. The number of hydrogen-bond donors (Lipinski definition) is 1. The first kappa shape index (κ1) is 13.5. The topological polar surface area (TPSA) is 33.1 Å². The van der Waals surface area contributed by atoms with E-state index >= 15 is 0 Å². The van der Waals surface area contributed by atoms with Crippen LogP contribution in [0.1, 0.15) is 11.1 Å². The lowest BCUT2D eigenvalue weighted by Crippen LogP contribution is -2.05. The van der Waals surface area contributed by atoms with E-state index in [0.717, 1.165) is 18.2 Å². The fraction of sp³-hybridized carbons (Fsp3) is 0.154. The normalized spacial score (nSPS) is 11.6. The number of pyridine rings is 1. The van der Waals surface area contributed by atoms with E-state index in [0.29, 0.717) is 11.8 Å². The van der Waals surface area contributed by atoms with Crippen LogP contribution in [0.4, 0.5) is 17.6 Å². The van der Waals surface area contributed by atoms with Gasteiger partial charge >= 0.3 is 6.18 Å². The molecule has 2 aromatic rings. The summed E-state index contributed by atoms with van der Waals surface area (Å²) in [6, 6.07) is 5.82. The molecule has 19 heavy (non-hydrogen) atoms. The van der Waals surface area contributed by atoms with Crippen LogP contribution in [-0.2, 0) is 12.8 Å². The summed E-state index contributed by atoms with van der Waals surface area (Å²) in [5, 5.41) is 8.96. The first-order chi connectivity index (χ1) is 8.91. The molecule has 0 saturated heterocycles. The van der Waals surface area contributed by atoms with Crippen molar-refractivity contribution in [2.24, 2.45) is 0 Å². The molecule has 0 spiro atoms. The molecule has 0 unspecified atom stereocenters. The smallest absolute Gasteiger partial charge is 0.392 e. The Bertz CT molecular complexity index is 578. The molecule has 0 aliphatic carbocycles. The zero-order chi connectivity index (χ0) is 14.0. The SMILES string of the molecule is OCc1ccc(F)c(-c2ccc(C(F)(F)F)cn2)c1. The Hall–Kier alpha value is -1.95. The molecule has 1 N–H and O–H groups in total. The van der Waals surface area contributed by atoms with Gasteiger partial charge in [0.2, 0.25) is 0 Å². The van der Waals surface area contributed by atoms with Crippen molar-refractivity contribution in [2.45, 2.75) is 12.8 Å². The van der Waals surface area contributed by atoms with Crippen LogP contribution in [0.5, 0.6) is 0 Å². The molecule has 0 aliphatic heterocycles. The van der Waals surface area contributed by atoms with Gasteiger partial charge in [0.25, 0.3) is 0 Å². The summed E-state index contributed by atoms with van der Waals surface area (Å²) >= 11 is 0. The van der Waals surface area contributed by atoms with Gasteiger partial charge in [-0.05, 0) is 29.8 Å². The molecule has 1 aromatic heterocycles. The van der Waals surface area contributed by atoms with Gasteiger partial charge < -0.3 is 5.11 Å². The summed E-state index contributed by atoms with van der Waals surface area (Å²) in [6.07, 6.45) is -3.82. The highest BCUT2D eigenvalue weighted by atomic mass is 19.4. The number of rotatable bonds is 2. The van der Waals surface area contributed by atoms with Crippen LogP contribution in [-0.4, -0.2) is 10.1 Å². The van der Waals surface area contributed by atoms with Crippen LogP contribution in [0.15, 0.2) is 36.5 Å². The molecule has 1 heterocycles. The second-order valence-corrected chi connectivity index (χ2v) is 3.90. The predicted octanol–water partition coefficient (Wildman–Crippen LogP) is 3.40. The van der Waals surface area contributed by atoms with Gasteiger partial charge in [0.15, 0.2) is 0 Å². The van der Waals surface area contributed by atoms with Crippen molar-refractivity contribution in [3.05, 3.63) is 53.5 Å². The number of nitrogens with zero attached hydrogens (tertiary/aromatic N) is 1. The Balaban J connectivity index is 2.42. The van der Waals surface area contributed by atoms with E-state index in [2.05, 4.69) is 4.98 Å². The third-order valence-corrected chi connectivity index (χ3v) is 2.58. The number of alkyl halides is 3. The van der Waals surface area contributed by atoms with Gasteiger partial charge in [-0.25, -0.2) is 4.39 Å². The average molecular weight is 271 g/mol. The molecule has 0 radical (unpaired) electrons. The molecular weight excluding hydrogens is 262 g/mol. The molecule has 0 saturated carbocycles. The summed E-state index contributed by atoms with van der Waals surface area (Å²) in [5.41, 5.74) is -0.297. The van der Waals surface area contributed by atoms with Gasteiger partial charge in [-0.15, -0.1) is 0 Å². The van der Waals surface area contributed by atoms with Gasteiger partial charge in [0.1, 0.15) is 5.82 Å². The highest BCUT2D eigenvalue weighted by molar-refractivity contribution is 5.61. The lowest BCUT2D eigenvalue weighted by atomic mass is 10.1. The molecule has 1 aromatic carbocycles. The Kier molecular flexibility index (Phi) is 3.53. The zero-order valence-corrected chi connectivity index (χ0v) is 9.58. The number of aromatic nitrogens is 1. The minimum Gasteiger partial charge on any atom is -0.392 e. The lowest BCUT2D eigenvalue weighted by molar-refractivity contribution is -0.137. The summed E-state index contributed by atoms with van der Waals surface area (Å²) < 4.78 is 50.7. The Morgan fingerprint density at radius 3 is 2.37 bits per heavy atom. The van der Waals surface area contributed by atoms with Crippen LogP contribution < -0.4 is 0 Å². The van der Waals surface area contributed by atoms with Gasteiger partial charge in [-0.3, -0.25) is 4.98 Å². The Labute approximate surface area is 106 Å². The predicted molar refractivity (Wildman–Crippen MR) is 60.6 cm³/mol. The maximum Gasteiger partial charge on any atom is 0.417 e. The fourth-order valence-corrected chi connectivity index (χ4v) is 1.59. The van der Waals surface area contributed by atoms with Crippen molar-refractivity contribution in [1.82, 2.24) is 4.98 Å². The van der Waals surface area contributed by atoms with Crippen LogP contribution in [0.2, 0.25) is 0 Å². The highest BCUT2D eigenvalue weighted by Crippen LogP contribution is 2.30. The van der Waals surface area contributed by atoms with Gasteiger partial charge in [0, 0.05) is 11.8 Å². The first-order valence-corrected chi connectivity index (χ1v) is 5.34. The van der Waals surface area contributed by atoms with Crippen LogP contribution >= 0.6 is 0 Å². The van der Waals surface area contributed by atoms with Crippen molar-refractivity contribution < 1.29 is 22.7 Å². The van der Waals surface area contributed by atoms with E-state index in [1.54, 1.807) is 0 Å². The van der Waals surface area contributed by atoms with E-state index in [-0.39, 0.29) is 17.9 Å². The molecular formula is C13H9F4NO. The molecule has 2 nitrogen and oxygen atoms in total. The van der Waals surface area contributed by atoms with Gasteiger partial charge in [0.05, 0.1) is 17.9 Å². The lowest BCUT2D eigenvalue weighted by Gasteiger charge is -2.08. The van der Waals surface area contributed by atoms with Crippen LogP contribution in [0.3, 0.4) is 0 Å². The number of aliphatic hydroxyl groups is 1. The molecule has 100 valence electrons. The summed E-state index contributed by atoms with van der Waals surface area (Å²) in [7, 11) is 0. The molecule has 0 atom stereocenters. The van der Waals surface area contributed by atoms with Crippen molar-refractivity contribution in [2.75, 3.05) is 0 Å². The highest BCUT2D eigenvalue weighted by Gasteiger charge is 2.30. The van der Waals surface area contributed by atoms with E-state index in [1.165, 1.54) is 12.1 Å². The summed E-state index contributed by atoms with van der Waals surface area (Å²) in [4.78, 5) is 3.61. The first-order valence-electron chi connectivity index (χ1n) is 5.34. The Morgan fingerprint density at radius 1 is 1.11 bits per heavy atom. The fourth-order valence-electron chi connectivity index (χ4n) is 1.59. The van der Waals surface area contributed by atoms with Crippen molar-refractivity contribution >= 4 is 0 Å². The molecule has 2 rings (SSSR count). The minimum atomic E-state index is -4.48. The third-order valence-electron chi connectivity index (χ3n) is 2.58. The minimum absolute atomic E-state index is 0.0558.